The van der Waals surface area contributed by atoms with E-state index in [-0.39, 0.29) is 38.9 Å². The van der Waals surface area contributed by atoms with E-state index in [2.05, 4.69) is 0 Å². The van der Waals surface area contributed by atoms with Crippen molar-refractivity contribution < 1.29 is 19.5 Å². The molecule has 2 aliphatic rings. The summed E-state index contributed by atoms with van der Waals surface area (Å²) in [6.07, 6.45) is 4.00. The SMILES string of the molecule is O=C1C(=CC2=C(Cl)/C(=C/c3c([O-])n(-c4ccccc4)c(=O)n(-c4ccccc4)c3=O)CCC2)C(=O)N(c2ccccc2)C(=O)N1c1ccccc1. The molecule has 0 spiro atoms. The van der Waals surface area contributed by atoms with Gasteiger partial charge in [-0.3, -0.25) is 19.0 Å². The molecular formula is C40H28ClN4O6-. The van der Waals surface area contributed by atoms with Gasteiger partial charge in [0.25, 0.3) is 17.4 Å². The maximum Gasteiger partial charge on any atom is 0.343 e. The summed E-state index contributed by atoms with van der Waals surface area (Å²) in [6.45, 7) is 0. The van der Waals surface area contributed by atoms with Crippen molar-refractivity contribution in [3.8, 4) is 17.3 Å². The van der Waals surface area contributed by atoms with Crippen LogP contribution >= 0.6 is 11.6 Å². The number of hydrogen-bond donors (Lipinski definition) is 0. The van der Waals surface area contributed by atoms with Gasteiger partial charge in [0.1, 0.15) is 5.57 Å². The number of nitrogens with zero attached hydrogens (tertiary/aromatic N) is 4. The largest absolute Gasteiger partial charge is 0.859 e. The topological polar surface area (TPSA) is 125 Å². The molecular weight excluding hydrogens is 668 g/mol. The molecule has 4 amide bonds. The summed E-state index contributed by atoms with van der Waals surface area (Å²) in [4.78, 5) is 71.1. The molecule has 10 nitrogen and oxygen atoms in total. The third-order valence-electron chi connectivity index (χ3n) is 8.65. The average molecular weight is 696 g/mol. The number of halogens is 1. The van der Waals surface area contributed by atoms with Gasteiger partial charge in [0.05, 0.1) is 22.6 Å². The van der Waals surface area contributed by atoms with Gasteiger partial charge in [0, 0.05) is 10.7 Å². The number of imide groups is 2. The molecule has 1 saturated heterocycles. The van der Waals surface area contributed by atoms with Crippen LogP contribution in [0.3, 0.4) is 0 Å². The van der Waals surface area contributed by atoms with Crippen LogP contribution in [0.4, 0.5) is 16.2 Å². The summed E-state index contributed by atoms with van der Waals surface area (Å²) in [5, 5.41) is 14.1. The standard InChI is InChI=1S/C40H29ClN4O6/c41-34-26(24-32-35(46)42(28-16-5-1-6-17-28)39(50)43(36(32)47)29-18-7-2-8-19-29)14-13-15-27(34)25-33-37(48)44(30-20-9-3-10-21-30)40(51)45(38(33)49)31-22-11-4-12-23-31/h1-12,16-25,46H,13-15H2/p-1/b26-24+. The molecule has 51 heavy (non-hydrogen) atoms. The highest BCUT2D eigenvalue weighted by Crippen LogP contribution is 2.37. The van der Waals surface area contributed by atoms with E-state index in [9.17, 15) is 29.1 Å². The smallest absolute Gasteiger partial charge is 0.343 e. The number of hydrogen-bond acceptors (Lipinski definition) is 6. The van der Waals surface area contributed by atoms with Crippen LogP contribution in [-0.2, 0) is 9.59 Å². The van der Waals surface area contributed by atoms with Crippen LogP contribution in [0.15, 0.2) is 159 Å². The Balaban J connectivity index is 1.38. The Kier molecular flexibility index (Phi) is 8.91. The number of barbiturate groups is 1. The number of allylic oxidation sites excluding steroid dienone is 4. The molecule has 11 heteroatoms. The Morgan fingerprint density at radius 3 is 1.51 bits per heavy atom. The average Bonchev–Trinajstić information content (AvgIpc) is 3.15. The third-order valence-corrected chi connectivity index (χ3v) is 9.14. The molecule has 0 atom stereocenters. The number of anilines is 2. The van der Waals surface area contributed by atoms with Crippen LogP contribution in [0, 0.1) is 0 Å². The molecule has 7 rings (SSSR count). The van der Waals surface area contributed by atoms with Crippen LogP contribution in [0.1, 0.15) is 24.8 Å². The number of benzene rings is 4. The highest BCUT2D eigenvalue weighted by Gasteiger charge is 2.44. The zero-order chi connectivity index (χ0) is 35.6. The molecule has 1 aliphatic carbocycles. The van der Waals surface area contributed by atoms with E-state index in [0.29, 0.717) is 30.4 Å². The molecule has 252 valence electrons. The van der Waals surface area contributed by atoms with E-state index in [1.807, 2.05) is 0 Å². The van der Waals surface area contributed by atoms with E-state index < -0.39 is 35.0 Å². The van der Waals surface area contributed by atoms with Gasteiger partial charge in [-0.25, -0.2) is 24.0 Å². The quantitative estimate of drug-likeness (QED) is 0.153. The van der Waals surface area contributed by atoms with Crippen molar-refractivity contribution in [2.75, 3.05) is 9.80 Å². The Morgan fingerprint density at radius 2 is 1.02 bits per heavy atom. The van der Waals surface area contributed by atoms with Crippen molar-refractivity contribution in [1.82, 2.24) is 9.13 Å². The molecule has 1 aliphatic heterocycles. The van der Waals surface area contributed by atoms with E-state index in [1.54, 1.807) is 121 Å². The first-order valence-electron chi connectivity index (χ1n) is 16.1. The van der Waals surface area contributed by atoms with Crippen LogP contribution in [0.2, 0.25) is 0 Å². The fourth-order valence-electron chi connectivity index (χ4n) is 6.19. The van der Waals surface area contributed by atoms with Crippen LogP contribution in [-0.4, -0.2) is 27.0 Å². The number of urea groups is 1. The number of carbonyl (C=O) groups is 3. The number of rotatable bonds is 6. The molecule has 0 unspecified atom stereocenters. The fourth-order valence-corrected chi connectivity index (χ4v) is 6.49. The first-order valence-corrected chi connectivity index (χ1v) is 16.5. The number of para-hydroxylation sites is 4. The second-order valence-electron chi connectivity index (χ2n) is 11.8. The van der Waals surface area contributed by atoms with Crippen molar-refractivity contribution in [2.45, 2.75) is 19.3 Å². The van der Waals surface area contributed by atoms with Crippen molar-refractivity contribution in [1.29, 1.82) is 0 Å². The summed E-state index contributed by atoms with van der Waals surface area (Å²) < 4.78 is 1.88. The second-order valence-corrected chi connectivity index (χ2v) is 12.2. The molecule has 0 radical (unpaired) electrons. The van der Waals surface area contributed by atoms with Gasteiger partial charge in [0.2, 0.25) is 0 Å². The van der Waals surface area contributed by atoms with Crippen molar-refractivity contribution in [3.05, 3.63) is 176 Å². The number of carbonyl (C=O) groups excluding carboxylic acids is 3. The summed E-state index contributed by atoms with van der Waals surface area (Å²) in [6, 6.07) is 32.3. The molecule has 4 aromatic carbocycles. The number of aromatic nitrogens is 2. The van der Waals surface area contributed by atoms with E-state index in [1.165, 1.54) is 12.2 Å². The lowest BCUT2D eigenvalue weighted by Crippen LogP contribution is -2.57. The first-order chi connectivity index (χ1) is 24.8. The van der Waals surface area contributed by atoms with Crippen LogP contribution in [0.25, 0.3) is 17.5 Å². The van der Waals surface area contributed by atoms with E-state index in [0.717, 1.165) is 18.9 Å². The second kappa shape index (κ2) is 13.8. The Bertz CT molecular complexity index is 2340. The van der Waals surface area contributed by atoms with Gasteiger partial charge in [-0.15, -0.1) is 0 Å². The van der Waals surface area contributed by atoms with Crippen molar-refractivity contribution in [2.24, 2.45) is 0 Å². The van der Waals surface area contributed by atoms with Crippen LogP contribution in [0.5, 0.6) is 5.88 Å². The van der Waals surface area contributed by atoms with Crippen molar-refractivity contribution in [3.63, 3.8) is 0 Å². The zero-order valence-corrected chi connectivity index (χ0v) is 27.7. The van der Waals surface area contributed by atoms with Crippen LogP contribution < -0.4 is 26.2 Å². The minimum Gasteiger partial charge on any atom is -0.859 e. The van der Waals surface area contributed by atoms with Gasteiger partial charge >= 0.3 is 11.7 Å². The fraction of sp³-hybridized carbons (Fsp3) is 0.0750. The summed E-state index contributed by atoms with van der Waals surface area (Å²) >= 11 is 6.97. The molecule has 0 N–H and O–H groups in total. The highest BCUT2D eigenvalue weighted by molar-refractivity contribution is 6.45. The molecule has 1 aromatic heterocycles. The summed E-state index contributed by atoms with van der Waals surface area (Å²) in [7, 11) is 0. The normalized spacial score (nSPS) is 15.9. The van der Waals surface area contributed by atoms with Gasteiger partial charge < -0.3 is 5.11 Å². The third kappa shape index (κ3) is 6.02. The maximum atomic E-state index is 13.9. The minimum atomic E-state index is -0.824. The predicted octanol–water partition coefficient (Wildman–Crippen LogP) is 6.25. The minimum absolute atomic E-state index is 0.145. The number of amides is 4. The zero-order valence-electron chi connectivity index (χ0n) is 26.9. The Labute approximate surface area is 296 Å². The molecule has 1 fully saturated rings. The Morgan fingerprint density at radius 1 is 0.569 bits per heavy atom. The molecule has 2 heterocycles. The van der Waals surface area contributed by atoms with Crippen molar-refractivity contribution >= 4 is 46.9 Å². The van der Waals surface area contributed by atoms with Gasteiger partial charge in [-0.1, -0.05) is 84.4 Å². The Hall–Kier alpha value is -6.52. The lowest BCUT2D eigenvalue weighted by Gasteiger charge is -2.34. The van der Waals surface area contributed by atoms with E-state index >= 15 is 0 Å². The summed E-state index contributed by atoms with van der Waals surface area (Å²) in [5.74, 6) is -2.46. The van der Waals surface area contributed by atoms with Gasteiger partial charge in [0.15, 0.2) is 0 Å². The maximum absolute atomic E-state index is 13.9. The van der Waals surface area contributed by atoms with Gasteiger partial charge in [-0.05, 0) is 97.0 Å². The molecule has 0 saturated carbocycles. The first kappa shape index (κ1) is 33.0. The highest BCUT2D eigenvalue weighted by atomic mass is 35.5. The lowest BCUT2D eigenvalue weighted by molar-refractivity contribution is -0.278. The molecule has 5 aromatic rings. The summed E-state index contributed by atoms with van der Waals surface area (Å²) in [5.41, 5.74) is -0.277. The monoisotopic (exact) mass is 695 g/mol. The predicted molar refractivity (Wildman–Crippen MR) is 193 cm³/mol. The van der Waals surface area contributed by atoms with Gasteiger partial charge in [-0.2, -0.15) is 0 Å². The lowest BCUT2D eigenvalue weighted by atomic mass is 9.91. The molecule has 0 bridgehead atoms. The van der Waals surface area contributed by atoms with E-state index in [4.69, 9.17) is 11.6 Å².